The highest BCUT2D eigenvalue weighted by atomic mass is 16.5. The predicted octanol–water partition coefficient (Wildman–Crippen LogP) is 9.02. The summed E-state index contributed by atoms with van der Waals surface area (Å²) in [6.07, 6.45) is 10.4. The van der Waals surface area contributed by atoms with E-state index < -0.39 is 0 Å². The van der Waals surface area contributed by atoms with E-state index in [2.05, 4.69) is 26.0 Å². The van der Waals surface area contributed by atoms with Crippen molar-refractivity contribution in [2.75, 3.05) is 6.61 Å². The molecule has 3 aromatic rings. The van der Waals surface area contributed by atoms with Crippen LogP contribution in [0.5, 0.6) is 11.5 Å². The Morgan fingerprint density at radius 2 is 1.20 bits per heavy atom. The second-order valence-electron chi connectivity index (χ2n) is 9.52. The molecule has 0 heterocycles. The number of hydrogen-bond donors (Lipinski definition) is 0. The molecule has 0 unspecified atom stereocenters. The molecule has 0 aliphatic rings. The normalized spacial score (nSPS) is 10.9. The van der Waals surface area contributed by atoms with Gasteiger partial charge in [-0.15, -0.1) is 0 Å². The van der Waals surface area contributed by atoms with Crippen molar-refractivity contribution in [3.05, 3.63) is 82.9 Å². The number of rotatable bonds is 13. The molecule has 0 saturated carbocycles. The van der Waals surface area contributed by atoms with Crippen LogP contribution in [-0.2, 0) is 0 Å². The van der Waals surface area contributed by atoms with Crippen molar-refractivity contribution in [2.24, 2.45) is 0 Å². The number of aryl methyl sites for hydroxylation is 3. The summed E-state index contributed by atoms with van der Waals surface area (Å²) in [5.74, 6) is 1.18. The Bertz CT molecular complexity index is 1070. The highest BCUT2D eigenvalue weighted by Gasteiger charge is 2.12. The minimum Gasteiger partial charge on any atom is -0.494 e. The zero-order valence-electron chi connectivity index (χ0n) is 21.9. The minimum absolute atomic E-state index is 0.340. The van der Waals surface area contributed by atoms with E-state index in [1.807, 2.05) is 62.4 Å². The lowest BCUT2D eigenvalue weighted by Crippen LogP contribution is -2.09. The molecular formula is C32H40O3. The highest BCUT2D eigenvalue weighted by molar-refractivity contribution is 5.91. The van der Waals surface area contributed by atoms with Gasteiger partial charge in [0.05, 0.1) is 12.2 Å². The third kappa shape index (κ3) is 8.28. The number of carbonyl (C=O) groups is 1. The van der Waals surface area contributed by atoms with Gasteiger partial charge in [0, 0.05) is 0 Å². The number of esters is 1. The summed E-state index contributed by atoms with van der Waals surface area (Å²) < 4.78 is 11.6. The fourth-order valence-corrected chi connectivity index (χ4v) is 4.17. The first kappa shape index (κ1) is 26.5. The van der Waals surface area contributed by atoms with Crippen molar-refractivity contribution in [2.45, 2.75) is 79.1 Å². The van der Waals surface area contributed by atoms with Crippen molar-refractivity contribution in [3.8, 4) is 22.6 Å². The molecule has 0 spiro atoms. The summed E-state index contributed by atoms with van der Waals surface area (Å²) >= 11 is 0. The summed E-state index contributed by atoms with van der Waals surface area (Å²) in [4.78, 5) is 12.6. The zero-order valence-corrected chi connectivity index (χ0v) is 21.9. The Labute approximate surface area is 211 Å². The van der Waals surface area contributed by atoms with Gasteiger partial charge in [0.15, 0.2) is 0 Å². The fourth-order valence-electron chi connectivity index (χ4n) is 4.17. The van der Waals surface area contributed by atoms with Crippen LogP contribution in [0.4, 0.5) is 0 Å². The predicted molar refractivity (Wildman–Crippen MR) is 146 cm³/mol. The van der Waals surface area contributed by atoms with Crippen LogP contribution in [0.1, 0.15) is 85.3 Å². The number of benzene rings is 3. The van der Waals surface area contributed by atoms with Crippen LogP contribution in [0, 0.1) is 20.8 Å². The molecule has 0 aromatic heterocycles. The van der Waals surface area contributed by atoms with Crippen LogP contribution in [0.25, 0.3) is 11.1 Å². The van der Waals surface area contributed by atoms with Gasteiger partial charge in [-0.05, 0) is 85.3 Å². The summed E-state index contributed by atoms with van der Waals surface area (Å²) in [5, 5.41) is 0. The maximum atomic E-state index is 12.6. The molecule has 3 heteroatoms. The second kappa shape index (κ2) is 13.7. The van der Waals surface area contributed by atoms with Crippen LogP contribution in [0.3, 0.4) is 0 Å². The van der Waals surface area contributed by atoms with E-state index in [9.17, 15) is 4.79 Å². The van der Waals surface area contributed by atoms with Crippen LogP contribution in [-0.4, -0.2) is 12.6 Å². The number of ether oxygens (including phenoxy) is 2. The van der Waals surface area contributed by atoms with E-state index in [0.29, 0.717) is 11.3 Å². The largest absolute Gasteiger partial charge is 0.494 e. The SMILES string of the molecule is CCCCCCCCCCOc1ccc(-c2ccc(C(=O)Oc3cc(C)c(C)cc3C)cc2)cc1. The van der Waals surface area contributed by atoms with Crippen LogP contribution in [0.2, 0.25) is 0 Å². The molecule has 0 amide bonds. The van der Waals surface area contributed by atoms with Crippen molar-refractivity contribution in [3.63, 3.8) is 0 Å². The first-order chi connectivity index (χ1) is 17.0. The summed E-state index contributed by atoms with van der Waals surface area (Å²) in [6, 6.07) is 19.7. The van der Waals surface area contributed by atoms with Crippen molar-refractivity contribution in [1.29, 1.82) is 0 Å². The van der Waals surface area contributed by atoms with E-state index in [-0.39, 0.29) is 5.97 Å². The van der Waals surface area contributed by atoms with Gasteiger partial charge in [-0.1, -0.05) is 82.2 Å². The van der Waals surface area contributed by atoms with Crippen molar-refractivity contribution < 1.29 is 14.3 Å². The van der Waals surface area contributed by atoms with Crippen LogP contribution in [0.15, 0.2) is 60.7 Å². The molecule has 0 aliphatic carbocycles. The molecule has 3 aromatic carbocycles. The third-order valence-corrected chi connectivity index (χ3v) is 6.57. The van der Waals surface area contributed by atoms with E-state index in [4.69, 9.17) is 9.47 Å². The smallest absolute Gasteiger partial charge is 0.343 e. The molecule has 3 rings (SSSR count). The molecule has 0 N–H and O–H groups in total. The van der Waals surface area contributed by atoms with E-state index in [1.54, 1.807) is 0 Å². The van der Waals surface area contributed by atoms with Gasteiger partial charge in [-0.25, -0.2) is 4.79 Å². The van der Waals surface area contributed by atoms with Gasteiger partial charge in [-0.2, -0.15) is 0 Å². The Morgan fingerprint density at radius 3 is 1.83 bits per heavy atom. The molecular weight excluding hydrogens is 432 g/mol. The Kier molecular flexibility index (Phi) is 10.4. The second-order valence-corrected chi connectivity index (χ2v) is 9.52. The van der Waals surface area contributed by atoms with Gasteiger partial charge in [0.2, 0.25) is 0 Å². The third-order valence-electron chi connectivity index (χ3n) is 6.57. The van der Waals surface area contributed by atoms with Crippen molar-refractivity contribution in [1.82, 2.24) is 0 Å². The Morgan fingerprint density at radius 1 is 0.657 bits per heavy atom. The molecule has 35 heavy (non-hydrogen) atoms. The first-order valence-corrected chi connectivity index (χ1v) is 13.1. The lowest BCUT2D eigenvalue weighted by atomic mass is 10.0. The number of hydrogen-bond acceptors (Lipinski definition) is 3. The summed E-state index contributed by atoms with van der Waals surface area (Å²) in [5.41, 5.74) is 5.95. The quantitative estimate of drug-likeness (QED) is 0.141. The Balaban J connectivity index is 1.46. The van der Waals surface area contributed by atoms with Gasteiger partial charge < -0.3 is 9.47 Å². The summed E-state index contributed by atoms with van der Waals surface area (Å²) in [6.45, 7) is 9.07. The van der Waals surface area contributed by atoms with Crippen LogP contribution >= 0.6 is 0 Å². The lowest BCUT2D eigenvalue weighted by molar-refractivity contribution is 0.0733. The highest BCUT2D eigenvalue weighted by Crippen LogP contribution is 2.25. The molecule has 0 bridgehead atoms. The van der Waals surface area contributed by atoms with Crippen molar-refractivity contribution >= 4 is 5.97 Å². The Hall–Kier alpha value is -3.07. The minimum atomic E-state index is -0.340. The molecule has 0 radical (unpaired) electrons. The standard InChI is InChI=1S/C32H40O3/c1-5-6-7-8-9-10-11-12-21-34-30-19-17-28(18-20-30)27-13-15-29(16-14-27)32(33)35-31-23-25(3)24(2)22-26(31)4/h13-20,22-23H,5-12,21H2,1-4H3. The molecule has 0 atom stereocenters. The molecule has 3 nitrogen and oxygen atoms in total. The van der Waals surface area contributed by atoms with Gasteiger partial charge >= 0.3 is 5.97 Å². The number of unbranched alkanes of at least 4 members (excludes halogenated alkanes) is 7. The van der Waals surface area contributed by atoms with Gasteiger partial charge in [-0.3, -0.25) is 0 Å². The van der Waals surface area contributed by atoms with Gasteiger partial charge in [0.25, 0.3) is 0 Å². The van der Waals surface area contributed by atoms with Crippen LogP contribution < -0.4 is 9.47 Å². The van der Waals surface area contributed by atoms with Gasteiger partial charge in [0.1, 0.15) is 11.5 Å². The monoisotopic (exact) mass is 472 g/mol. The van der Waals surface area contributed by atoms with E-state index >= 15 is 0 Å². The maximum absolute atomic E-state index is 12.6. The van der Waals surface area contributed by atoms with E-state index in [0.717, 1.165) is 41.0 Å². The fraction of sp³-hybridized carbons (Fsp3) is 0.406. The summed E-state index contributed by atoms with van der Waals surface area (Å²) in [7, 11) is 0. The number of carbonyl (C=O) groups excluding carboxylic acids is 1. The maximum Gasteiger partial charge on any atom is 0.343 e. The molecule has 0 fully saturated rings. The molecule has 0 saturated heterocycles. The first-order valence-electron chi connectivity index (χ1n) is 13.1. The lowest BCUT2D eigenvalue weighted by Gasteiger charge is -2.11. The van der Waals surface area contributed by atoms with E-state index in [1.165, 1.54) is 50.5 Å². The topological polar surface area (TPSA) is 35.5 Å². The average molecular weight is 473 g/mol. The molecule has 186 valence electrons. The molecule has 0 aliphatic heterocycles. The average Bonchev–Trinajstić information content (AvgIpc) is 2.87. The zero-order chi connectivity index (χ0) is 25.0.